The van der Waals surface area contributed by atoms with Gasteiger partial charge in [-0.3, -0.25) is 4.79 Å². The molecule has 0 spiro atoms. The summed E-state index contributed by atoms with van der Waals surface area (Å²) in [5.41, 5.74) is -0.105. The number of hydrogen-bond donors (Lipinski definition) is 3. The molecule has 0 aliphatic heterocycles. The molecule has 4 rings (SSSR count). The van der Waals surface area contributed by atoms with Crippen LogP contribution >= 0.6 is 0 Å². The van der Waals surface area contributed by atoms with E-state index in [-0.39, 0.29) is 35.4 Å². The van der Waals surface area contributed by atoms with Gasteiger partial charge in [0.25, 0.3) is 0 Å². The number of carbonyl (C=O) groups excluding carboxylic acids is 1. The first-order chi connectivity index (χ1) is 11.8. The second kappa shape index (κ2) is 6.03. The maximum atomic E-state index is 13.4. The van der Waals surface area contributed by atoms with Crippen molar-refractivity contribution in [3.8, 4) is 0 Å². The number of rotatable bonds is 2. The van der Waals surface area contributed by atoms with Crippen LogP contribution in [0.3, 0.4) is 0 Å². The number of fused-ring (bicyclic) bond motifs is 5. The average molecular weight is 350 g/mol. The predicted molar refractivity (Wildman–Crippen MR) is 94.7 cm³/mol. The fraction of sp³-hybridized carbons (Fsp3) is 0.952. The Morgan fingerprint density at radius 1 is 1.12 bits per heavy atom. The van der Waals surface area contributed by atoms with Crippen LogP contribution in [0, 0.1) is 40.4 Å². The highest BCUT2D eigenvalue weighted by atomic mass is 16.3. The molecule has 3 N–H and O–H groups in total. The molecule has 4 aliphatic carbocycles. The van der Waals surface area contributed by atoms with Crippen molar-refractivity contribution >= 4 is 5.78 Å². The lowest BCUT2D eigenvalue weighted by Crippen LogP contribution is -2.58. The lowest BCUT2D eigenvalue weighted by Gasteiger charge is -2.60. The van der Waals surface area contributed by atoms with Crippen LogP contribution in [0.5, 0.6) is 0 Å². The number of aliphatic hydroxyl groups is 3. The Morgan fingerprint density at radius 3 is 2.60 bits per heavy atom. The predicted octanol–water partition coefficient (Wildman–Crippen LogP) is 2.54. The number of hydrogen-bond acceptors (Lipinski definition) is 4. The van der Waals surface area contributed by atoms with Gasteiger partial charge in [-0.1, -0.05) is 13.8 Å². The van der Waals surface area contributed by atoms with Crippen LogP contribution in [0.15, 0.2) is 0 Å². The summed E-state index contributed by atoms with van der Waals surface area (Å²) >= 11 is 0. The van der Waals surface area contributed by atoms with Crippen molar-refractivity contribution in [2.45, 2.75) is 77.4 Å². The highest BCUT2D eigenvalue weighted by Gasteiger charge is 2.63. The first kappa shape index (κ1) is 17.9. The van der Waals surface area contributed by atoms with Crippen LogP contribution in [0.2, 0.25) is 0 Å². The van der Waals surface area contributed by atoms with Gasteiger partial charge in [-0.2, -0.15) is 0 Å². The van der Waals surface area contributed by atoms with Crippen LogP contribution in [0.1, 0.15) is 65.2 Å². The first-order valence-electron chi connectivity index (χ1n) is 10.3. The van der Waals surface area contributed by atoms with Crippen LogP contribution in [0.4, 0.5) is 0 Å². The zero-order valence-corrected chi connectivity index (χ0v) is 15.7. The van der Waals surface area contributed by atoms with E-state index in [1.54, 1.807) is 0 Å². The second-order valence-corrected chi connectivity index (χ2v) is 10.0. The van der Waals surface area contributed by atoms with Crippen molar-refractivity contribution in [1.82, 2.24) is 0 Å². The molecule has 0 radical (unpaired) electrons. The Labute approximate surface area is 151 Å². The highest BCUT2D eigenvalue weighted by molar-refractivity contribution is 5.84. The van der Waals surface area contributed by atoms with Gasteiger partial charge in [-0.05, 0) is 79.4 Å². The van der Waals surface area contributed by atoms with Crippen molar-refractivity contribution in [3.05, 3.63) is 0 Å². The molecule has 25 heavy (non-hydrogen) atoms. The van der Waals surface area contributed by atoms with E-state index in [4.69, 9.17) is 0 Å². The maximum Gasteiger partial charge on any atom is 0.137 e. The standard InChI is InChI=1S/C21H34O4/c1-20-8-7-13(23)9-12(20)3-4-14-15-5-6-16(18(25)11-22)21(15,2)10-17(24)19(14)20/h12-16,18-19,22-23,25H,3-11H2,1-2H3/t12?,13-,14?,15?,16?,18?,19?,20?,21?/m1/s1. The van der Waals surface area contributed by atoms with Crippen LogP contribution < -0.4 is 0 Å². The normalized spacial score (nSPS) is 53.7. The second-order valence-electron chi connectivity index (χ2n) is 10.0. The van der Waals surface area contributed by atoms with Gasteiger partial charge in [0.15, 0.2) is 0 Å². The molecule has 0 bridgehead atoms. The summed E-state index contributed by atoms with van der Waals surface area (Å²) in [7, 11) is 0. The summed E-state index contributed by atoms with van der Waals surface area (Å²) in [4.78, 5) is 13.4. The molecule has 0 saturated heterocycles. The zero-order valence-electron chi connectivity index (χ0n) is 15.7. The van der Waals surface area contributed by atoms with Crippen LogP contribution in [-0.4, -0.2) is 39.9 Å². The van der Waals surface area contributed by atoms with E-state index in [1.807, 2.05) is 0 Å². The Kier molecular flexibility index (Phi) is 4.33. The minimum atomic E-state index is -0.698. The van der Waals surface area contributed by atoms with Gasteiger partial charge in [0.1, 0.15) is 5.78 Å². The number of aliphatic hydroxyl groups excluding tert-OH is 3. The monoisotopic (exact) mass is 350 g/mol. The summed E-state index contributed by atoms with van der Waals surface area (Å²) in [6.07, 6.45) is 6.56. The molecule has 0 heterocycles. The minimum absolute atomic E-state index is 0.0473. The maximum absolute atomic E-state index is 13.4. The molecule has 9 atom stereocenters. The Morgan fingerprint density at radius 2 is 1.88 bits per heavy atom. The molecule has 4 nitrogen and oxygen atoms in total. The quantitative estimate of drug-likeness (QED) is 0.715. The zero-order chi connectivity index (χ0) is 18.0. The number of ketones is 1. The largest absolute Gasteiger partial charge is 0.394 e. The average Bonchev–Trinajstić information content (AvgIpc) is 2.91. The molecule has 0 aromatic rings. The van der Waals surface area contributed by atoms with E-state index in [1.165, 1.54) is 0 Å². The summed E-state index contributed by atoms with van der Waals surface area (Å²) in [6.45, 7) is 4.31. The van der Waals surface area contributed by atoms with Gasteiger partial charge >= 0.3 is 0 Å². The van der Waals surface area contributed by atoms with E-state index in [0.717, 1.165) is 44.9 Å². The van der Waals surface area contributed by atoms with E-state index in [0.29, 0.717) is 30.0 Å². The van der Waals surface area contributed by atoms with Crippen molar-refractivity contribution < 1.29 is 20.1 Å². The molecular weight excluding hydrogens is 316 g/mol. The number of carbonyl (C=O) groups is 1. The van der Waals surface area contributed by atoms with E-state index in [2.05, 4.69) is 13.8 Å². The van der Waals surface area contributed by atoms with Crippen molar-refractivity contribution in [2.24, 2.45) is 40.4 Å². The van der Waals surface area contributed by atoms with Crippen LogP contribution in [-0.2, 0) is 4.79 Å². The highest BCUT2D eigenvalue weighted by Crippen LogP contribution is 2.66. The third-order valence-corrected chi connectivity index (χ3v) is 9.05. The van der Waals surface area contributed by atoms with E-state index < -0.39 is 6.10 Å². The summed E-state index contributed by atoms with van der Waals surface area (Å²) < 4.78 is 0. The van der Waals surface area contributed by atoms with Gasteiger partial charge in [0.05, 0.1) is 18.8 Å². The van der Waals surface area contributed by atoms with Crippen molar-refractivity contribution in [2.75, 3.05) is 6.61 Å². The van der Waals surface area contributed by atoms with E-state index in [9.17, 15) is 20.1 Å². The fourth-order valence-corrected chi connectivity index (χ4v) is 7.85. The molecule has 8 unspecified atom stereocenters. The summed E-state index contributed by atoms with van der Waals surface area (Å²) in [6, 6.07) is 0. The third-order valence-electron chi connectivity index (χ3n) is 9.05. The Balaban J connectivity index is 1.65. The molecule has 142 valence electrons. The van der Waals surface area contributed by atoms with Gasteiger partial charge in [-0.15, -0.1) is 0 Å². The van der Waals surface area contributed by atoms with E-state index >= 15 is 0 Å². The molecule has 0 aromatic heterocycles. The minimum Gasteiger partial charge on any atom is -0.394 e. The molecule has 4 fully saturated rings. The fourth-order valence-electron chi connectivity index (χ4n) is 7.85. The molecular formula is C21H34O4. The lowest BCUT2D eigenvalue weighted by molar-refractivity contribution is -0.164. The Hall–Kier alpha value is -0.450. The number of Topliss-reactive ketones (excluding diaryl/α,β-unsaturated/α-hetero) is 1. The van der Waals surface area contributed by atoms with Gasteiger partial charge in [0.2, 0.25) is 0 Å². The summed E-state index contributed by atoms with van der Waals surface area (Å²) in [5, 5.41) is 29.9. The van der Waals surface area contributed by atoms with Crippen molar-refractivity contribution in [1.29, 1.82) is 0 Å². The summed E-state index contributed by atoms with van der Waals surface area (Å²) in [5.74, 6) is 1.98. The van der Waals surface area contributed by atoms with Crippen molar-refractivity contribution in [3.63, 3.8) is 0 Å². The molecule has 4 aliphatic rings. The molecule has 0 aromatic carbocycles. The van der Waals surface area contributed by atoms with Gasteiger partial charge in [0, 0.05) is 12.3 Å². The molecule has 0 amide bonds. The van der Waals surface area contributed by atoms with Gasteiger partial charge < -0.3 is 15.3 Å². The Bertz CT molecular complexity index is 548. The molecule has 4 heteroatoms. The lowest BCUT2D eigenvalue weighted by atomic mass is 9.44. The van der Waals surface area contributed by atoms with Gasteiger partial charge in [-0.25, -0.2) is 0 Å². The topological polar surface area (TPSA) is 77.8 Å². The van der Waals surface area contributed by atoms with Crippen LogP contribution in [0.25, 0.3) is 0 Å². The first-order valence-corrected chi connectivity index (χ1v) is 10.3. The SMILES string of the molecule is CC12CC(=O)C3C(CCC4C[C@H](O)CCC43C)C1CCC2C(O)CO. The molecule has 4 saturated carbocycles. The smallest absolute Gasteiger partial charge is 0.137 e. The third kappa shape index (κ3) is 2.47.